The Labute approximate surface area is 167 Å². The third kappa shape index (κ3) is 3.49. The summed E-state index contributed by atoms with van der Waals surface area (Å²) in [6.45, 7) is 1.67. The molecule has 2 amide bonds. The minimum atomic E-state index is -1.15. The highest BCUT2D eigenvalue weighted by Crippen LogP contribution is 2.33. The quantitative estimate of drug-likeness (QED) is 0.451. The van der Waals surface area contributed by atoms with Crippen molar-refractivity contribution in [1.29, 1.82) is 0 Å². The van der Waals surface area contributed by atoms with E-state index >= 15 is 0 Å². The van der Waals surface area contributed by atoms with Gasteiger partial charge in [-0.3, -0.25) is 19.7 Å². The van der Waals surface area contributed by atoms with Crippen LogP contribution in [0.4, 0.5) is 10.1 Å². The molecule has 0 saturated carbocycles. The lowest BCUT2D eigenvalue weighted by molar-refractivity contribution is -0.385. The van der Waals surface area contributed by atoms with Crippen LogP contribution in [-0.2, 0) is 16.0 Å². The number of halogens is 1. The summed E-state index contributed by atoms with van der Waals surface area (Å²) in [6, 6.07) is 12.7. The molecule has 1 fully saturated rings. The number of rotatable bonds is 4. The molecule has 1 saturated heterocycles. The average molecular weight is 397 g/mol. The topological polar surface area (TPSA) is 83.8 Å². The Morgan fingerprint density at radius 3 is 2.38 bits per heavy atom. The third-order valence-electron chi connectivity index (χ3n) is 5.29. The molecule has 1 aliphatic heterocycles. The van der Waals surface area contributed by atoms with Crippen LogP contribution in [0.15, 0.2) is 54.2 Å². The number of hydrogen-bond acceptors (Lipinski definition) is 4. The van der Waals surface area contributed by atoms with E-state index in [4.69, 9.17) is 0 Å². The van der Waals surface area contributed by atoms with Gasteiger partial charge in [-0.25, -0.2) is 4.39 Å². The maximum atomic E-state index is 14.3. The van der Waals surface area contributed by atoms with E-state index < -0.39 is 27.9 Å². The van der Waals surface area contributed by atoms with Gasteiger partial charge in [-0.15, -0.1) is 0 Å². The lowest BCUT2D eigenvalue weighted by Crippen LogP contribution is -2.64. The molecule has 0 radical (unpaired) electrons. The summed E-state index contributed by atoms with van der Waals surface area (Å²) >= 11 is 0. The van der Waals surface area contributed by atoms with Crippen molar-refractivity contribution in [2.24, 2.45) is 0 Å². The number of amides is 2. The highest BCUT2D eigenvalue weighted by molar-refractivity contribution is 6.09. The van der Waals surface area contributed by atoms with Gasteiger partial charge in [0.15, 0.2) is 0 Å². The van der Waals surface area contributed by atoms with Crippen LogP contribution >= 0.6 is 0 Å². The zero-order valence-electron chi connectivity index (χ0n) is 16.3. The first-order valence-electron chi connectivity index (χ1n) is 8.91. The molecule has 2 aromatic carbocycles. The first-order valence-corrected chi connectivity index (χ1v) is 8.91. The second-order valence-electron chi connectivity index (χ2n) is 7.12. The Morgan fingerprint density at radius 2 is 1.76 bits per heavy atom. The third-order valence-corrected chi connectivity index (χ3v) is 5.29. The molecule has 1 aliphatic rings. The fourth-order valence-corrected chi connectivity index (χ4v) is 3.46. The van der Waals surface area contributed by atoms with E-state index in [9.17, 15) is 24.1 Å². The average Bonchev–Trinajstić information content (AvgIpc) is 2.70. The Kier molecular flexibility index (Phi) is 5.19. The molecule has 29 heavy (non-hydrogen) atoms. The highest BCUT2D eigenvalue weighted by Gasteiger charge is 2.48. The van der Waals surface area contributed by atoms with Crippen LogP contribution < -0.4 is 0 Å². The molecule has 1 atom stereocenters. The standard InChI is InChI=1S/C21H20FN3O4/c1-21(13-14-8-5-4-6-9-14)20(27)23(2)18(19(26)24(21)3)12-15-16(22)10-7-11-17(15)25(28)29/h4-12H,13H2,1-3H3. The summed E-state index contributed by atoms with van der Waals surface area (Å²) in [6.07, 6.45) is 1.36. The van der Waals surface area contributed by atoms with E-state index in [2.05, 4.69) is 0 Å². The second-order valence-corrected chi connectivity index (χ2v) is 7.12. The van der Waals surface area contributed by atoms with Gasteiger partial charge in [0.2, 0.25) is 0 Å². The number of nitrogens with zero attached hydrogens (tertiary/aromatic N) is 3. The summed E-state index contributed by atoms with van der Waals surface area (Å²) in [7, 11) is 2.91. The van der Waals surface area contributed by atoms with Crippen LogP contribution in [0.1, 0.15) is 18.1 Å². The van der Waals surface area contributed by atoms with E-state index in [1.807, 2.05) is 30.3 Å². The molecule has 0 aromatic heterocycles. The zero-order valence-corrected chi connectivity index (χ0v) is 16.3. The van der Waals surface area contributed by atoms with Gasteiger partial charge in [0.05, 0.1) is 10.5 Å². The molecule has 0 N–H and O–H groups in total. The first kappa shape index (κ1) is 20.2. The Bertz CT molecular complexity index is 1020. The summed E-state index contributed by atoms with van der Waals surface area (Å²) < 4.78 is 14.3. The van der Waals surface area contributed by atoms with Gasteiger partial charge in [-0.1, -0.05) is 36.4 Å². The normalized spacial score (nSPS) is 21.0. The number of likely N-dealkylation sites (N-methyl/N-ethyl adjacent to an activating group) is 2. The van der Waals surface area contributed by atoms with Crippen molar-refractivity contribution < 1.29 is 18.9 Å². The molecule has 0 bridgehead atoms. The number of piperazine rings is 1. The van der Waals surface area contributed by atoms with Crippen molar-refractivity contribution in [2.45, 2.75) is 18.9 Å². The zero-order chi connectivity index (χ0) is 21.3. The molecule has 1 unspecified atom stereocenters. The van der Waals surface area contributed by atoms with E-state index in [0.29, 0.717) is 6.42 Å². The molecule has 7 nitrogen and oxygen atoms in total. The van der Waals surface area contributed by atoms with E-state index in [1.54, 1.807) is 6.92 Å². The number of carbonyl (C=O) groups excluding carboxylic acids is 2. The number of hydrogen-bond donors (Lipinski definition) is 0. The summed E-state index contributed by atoms with van der Waals surface area (Å²) in [5.41, 5.74) is -1.22. The van der Waals surface area contributed by atoms with E-state index in [-0.39, 0.29) is 17.2 Å². The van der Waals surface area contributed by atoms with Crippen LogP contribution in [-0.4, -0.2) is 46.2 Å². The van der Waals surface area contributed by atoms with Gasteiger partial charge >= 0.3 is 0 Å². The van der Waals surface area contributed by atoms with E-state index in [0.717, 1.165) is 28.7 Å². The smallest absolute Gasteiger partial charge is 0.279 e. The molecule has 0 spiro atoms. The van der Waals surface area contributed by atoms with Crippen LogP contribution in [0.25, 0.3) is 6.08 Å². The predicted octanol–water partition coefficient (Wildman–Crippen LogP) is 3.01. The highest BCUT2D eigenvalue weighted by atomic mass is 19.1. The van der Waals surface area contributed by atoms with Gasteiger partial charge in [-0.2, -0.15) is 0 Å². The molecule has 8 heteroatoms. The molecule has 1 heterocycles. The Balaban J connectivity index is 2.04. The molecule has 150 valence electrons. The van der Waals surface area contributed by atoms with Crippen molar-refractivity contribution >= 4 is 23.6 Å². The van der Waals surface area contributed by atoms with Crippen LogP contribution in [0.2, 0.25) is 0 Å². The Hall–Kier alpha value is -3.55. The summed E-state index contributed by atoms with van der Waals surface area (Å²) in [5.74, 6) is -1.74. The SMILES string of the molecule is CN1C(=O)C(C)(Cc2ccccc2)N(C)C(=O)C1=Cc1c(F)cccc1[N+](=O)[O-]. The largest absolute Gasteiger partial charge is 0.326 e. The van der Waals surface area contributed by atoms with Crippen molar-refractivity contribution in [3.05, 3.63) is 81.3 Å². The molecular weight excluding hydrogens is 377 g/mol. The monoisotopic (exact) mass is 397 g/mol. The maximum Gasteiger partial charge on any atom is 0.279 e. The number of nitro benzene ring substituents is 1. The fourth-order valence-electron chi connectivity index (χ4n) is 3.46. The van der Waals surface area contributed by atoms with Gasteiger partial charge in [-0.05, 0) is 24.6 Å². The second kappa shape index (κ2) is 7.46. The van der Waals surface area contributed by atoms with Crippen LogP contribution in [0.3, 0.4) is 0 Å². The number of benzene rings is 2. The number of nitro groups is 1. The lowest BCUT2D eigenvalue weighted by Gasteiger charge is -2.45. The molecular formula is C21H20FN3O4. The van der Waals surface area contributed by atoms with Gasteiger partial charge in [0.25, 0.3) is 17.5 Å². The minimum Gasteiger partial charge on any atom is -0.326 e. The van der Waals surface area contributed by atoms with Crippen molar-refractivity contribution in [3.8, 4) is 0 Å². The van der Waals surface area contributed by atoms with Crippen molar-refractivity contribution in [1.82, 2.24) is 9.80 Å². The molecule has 3 rings (SSSR count). The summed E-state index contributed by atoms with van der Waals surface area (Å²) in [4.78, 5) is 39.2. The lowest BCUT2D eigenvalue weighted by atomic mass is 9.87. The van der Waals surface area contributed by atoms with Crippen molar-refractivity contribution in [3.63, 3.8) is 0 Å². The van der Waals surface area contributed by atoms with Gasteiger partial charge in [0, 0.05) is 26.6 Å². The molecule has 2 aromatic rings. The minimum absolute atomic E-state index is 0.128. The maximum absolute atomic E-state index is 14.3. The van der Waals surface area contributed by atoms with Gasteiger partial charge in [0.1, 0.15) is 17.1 Å². The van der Waals surface area contributed by atoms with Crippen molar-refractivity contribution in [2.75, 3.05) is 14.1 Å². The Morgan fingerprint density at radius 1 is 1.10 bits per heavy atom. The van der Waals surface area contributed by atoms with E-state index in [1.165, 1.54) is 25.1 Å². The number of carbonyl (C=O) groups is 2. The fraction of sp³-hybridized carbons (Fsp3) is 0.238. The van der Waals surface area contributed by atoms with Crippen LogP contribution in [0.5, 0.6) is 0 Å². The predicted molar refractivity (Wildman–Crippen MR) is 105 cm³/mol. The summed E-state index contributed by atoms with van der Waals surface area (Å²) in [5, 5.41) is 11.2. The van der Waals surface area contributed by atoms with Crippen LogP contribution in [0, 0.1) is 15.9 Å². The van der Waals surface area contributed by atoms with Gasteiger partial charge < -0.3 is 9.80 Å². The first-order chi connectivity index (χ1) is 13.7. The molecule has 0 aliphatic carbocycles.